The lowest BCUT2D eigenvalue weighted by Gasteiger charge is -2.31. The highest BCUT2D eigenvalue weighted by Crippen LogP contribution is 2.22. The molecule has 174 valence electrons. The Morgan fingerprint density at radius 3 is 2.19 bits per heavy atom. The van der Waals surface area contributed by atoms with Gasteiger partial charge in [-0.3, -0.25) is 13.9 Å². The van der Waals surface area contributed by atoms with E-state index in [1.165, 1.54) is 12.0 Å². The minimum atomic E-state index is -3.77. The average Bonchev–Trinajstić information content (AvgIpc) is 2.76. The lowest BCUT2D eigenvalue weighted by Crippen LogP contribution is -2.51. The molecule has 0 aliphatic heterocycles. The van der Waals surface area contributed by atoms with Crippen molar-refractivity contribution in [1.82, 2.24) is 10.2 Å². The first-order chi connectivity index (χ1) is 15.1. The molecular formula is C22H28ClN3O5S. The van der Waals surface area contributed by atoms with Crippen molar-refractivity contribution < 1.29 is 22.7 Å². The van der Waals surface area contributed by atoms with Crippen LogP contribution in [0.1, 0.15) is 19.4 Å². The summed E-state index contributed by atoms with van der Waals surface area (Å²) in [5, 5.41) is 3.25. The Labute approximate surface area is 194 Å². The van der Waals surface area contributed by atoms with Gasteiger partial charge in [0.25, 0.3) is 0 Å². The molecule has 2 aromatic rings. The van der Waals surface area contributed by atoms with Crippen LogP contribution in [0.3, 0.4) is 0 Å². The molecule has 0 aliphatic rings. The maximum absolute atomic E-state index is 13.3. The smallest absolute Gasteiger partial charge is 0.244 e. The van der Waals surface area contributed by atoms with Crippen LogP contribution in [0.2, 0.25) is 5.02 Å². The van der Waals surface area contributed by atoms with Gasteiger partial charge in [-0.05, 0) is 55.8 Å². The quantitative estimate of drug-likeness (QED) is 0.562. The number of hydrogen-bond acceptors (Lipinski definition) is 5. The van der Waals surface area contributed by atoms with Crippen LogP contribution in [0.25, 0.3) is 0 Å². The Hall–Kier alpha value is -2.78. The van der Waals surface area contributed by atoms with Gasteiger partial charge in [0.2, 0.25) is 21.8 Å². The number of nitrogens with one attached hydrogen (secondary N) is 1. The van der Waals surface area contributed by atoms with Gasteiger partial charge in [0.1, 0.15) is 18.3 Å². The lowest BCUT2D eigenvalue weighted by molar-refractivity contribution is -0.139. The molecule has 2 aromatic carbocycles. The number of anilines is 1. The van der Waals surface area contributed by atoms with E-state index in [-0.39, 0.29) is 12.5 Å². The summed E-state index contributed by atoms with van der Waals surface area (Å²) in [6.45, 7) is 3.46. The Balaban J connectivity index is 2.35. The highest BCUT2D eigenvalue weighted by molar-refractivity contribution is 7.92. The zero-order valence-electron chi connectivity index (χ0n) is 18.5. The maximum Gasteiger partial charge on any atom is 0.244 e. The van der Waals surface area contributed by atoms with Crippen molar-refractivity contribution >= 4 is 39.1 Å². The molecule has 2 rings (SSSR count). The first kappa shape index (κ1) is 25.5. The summed E-state index contributed by atoms with van der Waals surface area (Å²) >= 11 is 5.95. The second-order valence-electron chi connectivity index (χ2n) is 7.19. The first-order valence-electron chi connectivity index (χ1n) is 10.00. The standard InChI is InChI=1S/C22H28ClN3O5S/c1-5-24-22(28)16(2)25(14-17-6-8-18(23)9-7-17)21(27)15-26(32(4,29)30)19-10-12-20(31-3)13-11-19/h6-13,16H,5,14-15H2,1-4H3,(H,24,28)/t16-/m0/s1. The fraction of sp³-hybridized carbons (Fsp3) is 0.364. The van der Waals surface area contributed by atoms with Gasteiger partial charge in [0, 0.05) is 18.1 Å². The summed E-state index contributed by atoms with van der Waals surface area (Å²) in [4.78, 5) is 27.1. The van der Waals surface area contributed by atoms with Gasteiger partial charge >= 0.3 is 0 Å². The van der Waals surface area contributed by atoms with Crippen molar-refractivity contribution in [2.75, 3.05) is 30.8 Å². The molecule has 0 spiro atoms. The van der Waals surface area contributed by atoms with Crippen molar-refractivity contribution in [3.05, 3.63) is 59.1 Å². The van der Waals surface area contributed by atoms with E-state index in [1.807, 2.05) is 0 Å². The molecule has 10 heteroatoms. The predicted octanol–water partition coefficient (Wildman–Crippen LogP) is 2.67. The molecule has 2 amide bonds. The molecular weight excluding hydrogens is 454 g/mol. The molecule has 0 fully saturated rings. The average molecular weight is 482 g/mol. The molecule has 0 bridgehead atoms. The molecule has 0 saturated heterocycles. The molecule has 1 N–H and O–H groups in total. The minimum absolute atomic E-state index is 0.120. The third-order valence-corrected chi connectivity index (χ3v) is 6.22. The van der Waals surface area contributed by atoms with E-state index in [4.69, 9.17) is 16.3 Å². The normalized spacial score (nSPS) is 12.0. The van der Waals surface area contributed by atoms with Crippen LogP contribution in [-0.4, -0.2) is 57.6 Å². The van der Waals surface area contributed by atoms with Gasteiger partial charge < -0.3 is 15.0 Å². The Morgan fingerprint density at radius 2 is 1.69 bits per heavy atom. The van der Waals surface area contributed by atoms with Gasteiger partial charge in [-0.2, -0.15) is 0 Å². The molecule has 32 heavy (non-hydrogen) atoms. The number of ether oxygens (including phenoxy) is 1. The van der Waals surface area contributed by atoms with Crippen molar-refractivity contribution in [1.29, 1.82) is 0 Å². The number of halogens is 1. The van der Waals surface area contributed by atoms with Gasteiger partial charge in [0.15, 0.2) is 0 Å². The van der Waals surface area contributed by atoms with Crippen LogP contribution in [0, 0.1) is 0 Å². The summed E-state index contributed by atoms with van der Waals surface area (Å²) in [5.74, 6) is -0.284. The summed E-state index contributed by atoms with van der Waals surface area (Å²) in [5.41, 5.74) is 1.08. The highest BCUT2D eigenvalue weighted by atomic mass is 35.5. The zero-order chi connectivity index (χ0) is 23.9. The Bertz CT molecular complexity index is 1030. The fourth-order valence-electron chi connectivity index (χ4n) is 3.05. The SMILES string of the molecule is CCNC(=O)[C@H](C)N(Cc1ccc(Cl)cc1)C(=O)CN(c1ccc(OC)cc1)S(C)(=O)=O. The Kier molecular flexibility index (Phi) is 8.91. The number of rotatable bonds is 10. The molecule has 1 atom stereocenters. The number of sulfonamides is 1. The van der Waals surface area contributed by atoms with Crippen LogP contribution >= 0.6 is 11.6 Å². The molecule has 0 unspecified atom stereocenters. The number of carbonyl (C=O) groups is 2. The fourth-order valence-corrected chi connectivity index (χ4v) is 4.03. The van der Waals surface area contributed by atoms with E-state index >= 15 is 0 Å². The van der Waals surface area contributed by atoms with Gasteiger partial charge in [0.05, 0.1) is 19.1 Å². The molecule has 0 radical (unpaired) electrons. The number of likely N-dealkylation sites (N-methyl/N-ethyl adjacent to an activating group) is 1. The van der Waals surface area contributed by atoms with E-state index < -0.39 is 28.5 Å². The first-order valence-corrected chi connectivity index (χ1v) is 12.2. The number of methoxy groups -OCH3 is 1. The number of benzene rings is 2. The third kappa shape index (κ3) is 6.86. The van der Waals surface area contributed by atoms with Crippen molar-refractivity contribution in [2.24, 2.45) is 0 Å². The van der Waals surface area contributed by atoms with Crippen LogP contribution in [0.4, 0.5) is 5.69 Å². The molecule has 0 heterocycles. The third-order valence-electron chi connectivity index (χ3n) is 4.82. The zero-order valence-corrected chi connectivity index (χ0v) is 20.1. The van der Waals surface area contributed by atoms with Crippen molar-refractivity contribution in [3.8, 4) is 5.75 Å². The van der Waals surface area contributed by atoms with Gasteiger partial charge in [-0.15, -0.1) is 0 Å². The van der Waals surface area contributed by atoms with E-state index in [0.29, 0.717) is 23.0 Å². The van der Waals surface area contributed by atoms with Crippen molar-refractivity contribution in [2.45, 2.75) is 26.4 Å². The minimum Gasteiger partial charge on any atom is -0.497 e. The van der Waals surface area contributed by atoms with Crippen LogP contribution < -0.4 is 14.4 Å². The number of hydrogen-bond donors (Lipinski definition) is 1. The second-order valence-corrected chi connectivity index (χ2v) is 9.53. The Morgan fingerprint density at radius 1 is 1.09 bits per heavy atom. The number of amides is 2. The summed E-state index contributed by atoms with van der Waals surface area (Å²) < 4.78 is 31.1. The monoisotopic (exact) mass is 481 g/mol. The topological polar surface area (TPSA) is 96.0 Å². The highest BCUT2D eigenvalue weighted by Gasteiger charge is 2.29. The lowest BCUT2D eigenvalue weighted by atomic mass is 10.1. The van der Waals surface area contributed by atoms with Crippen LogP contribution in [0.5, 0.6) is 5.75 Å². The van der Waals surface area contributed by atoms with Gasteiger partial charge in [-0.1, -0.05) is 23.7 Å². The van der Waals surface area contributed by atoms with Gasteiger partial charge in [-0.25, -0.2) is 8.42 Å². The van der Waals surface area contributed by atoms with Crippen molar-refractivity contribution in [3.63, 3.8) is 0 Å². The van der Waals surface area contributed by atoms with E-state index in [0.717, 1.165) is 16.1 Å². The number of carbonyl (C=O) groups excluding carboxylic acids is 2. The van der Waals surface area contributed by atoms with E-state index in [9.17, 15) is 18.0 Å². The largest absolute Gasteiger partial charge is 0.497 e. The number of nitrogens with zero attached hydrogens (tertiary/aromatic N) is 2. The maximum atomic E-state index is 13.3. The summed E-state index contributed by atoms with van der Waals surface area (Å²) in [6.07, 6.45) is 1.03. The second kappa shape index (κ2) is 11.2. The van der Waals surface area contributed by atoms with Crippen LogP contribution in [0.15, 0.2) is 48.5 Å². The van der Waals surface area contributed by atoms with Crippen LogP contribution in [-0.2, 0) is 26.2 Å². The summed E-state index contributed by atoms with van der Waals surface area (Å²) in [6, 6.07) is 12.4. The molecule has 0 saturated carbocycles. The molecule has 8 nitrogen and oxygen atoms in total. The predicted molar refractivity (Wildman–Crippen MR) is 125 cm³/mol. The summed E-state index contributed by atoms with van der Waals surface area (Å²) in [7, 11) is -2.27. The van der Waals surface area contributed by atoms with E-state index in [2.05, 4.69) is 5.32 Å². The molecule has 0 aromatic heterocycles. The van der Waals surface area contributed by atoms with E-state index in [1.54, 1.807) is 62.4 Å². The molecule has 0 aliphatic carbocycles.